The highest BCUT2D eigenvalue weighted by Crippen LogP contribution is 2.24. The third-order valence-corrected chi connectivity index (χ3v) is 4.72. The van der Waals surface area contributed by atoms with Crippen LogP contribution in [0.25, 0.3) is 0 Å². The van der Waals surface area contributed by atoms with Crippen LogP contribution in [-0.2, 0) is 14.8 Å². The van der Waals surface area contributed by atoms with Crippen LogP contribution >= 0.6 is 0 Å². The van der Waals surface area contributed by atoms with Crippen molar-refractivity contribution in [1.82, 2.24) is 9.21 Å². The fraction of sp³-hybridized carbons (Fsp3) is 0.417. The zero-order valence-corrected chi connectivity index (χ0v) is 12.7. The summed E-state index contributed by atoms with van der Waals surface area (Å²) in [4.78, 5) is 12.0. The van der Waals surface area contributed by atoms with Crippen molar-refractivity contribution in [3.63, 3.8) is 0 Å². The Kier molecular flexibility index (Phi) is 5.24. The van der Waals surface area contributed by atoms with E-state index in [2.05, 4.69) is 0 Å². The Labute approximate surface area is 122 Å². The van der Waals surface area contributed by atoms with E-state index in [1.807, 2.05) is 0 Å². The molecule has 21 heavy (non-hydrogen) atoms. The Balaban J connectivity index is 3.29. The van der Waals surface area contributed by atoms with Crippen LogP contribution in [0.2, 0.25) is 0 Å². The first kappa shape index (κ1) is 17.3. The summed E-state index contributed by atoms with van der Waals surface area (Å²) in [6.45, 7) is 0.945. The number of carbonyl (C=O) groups is 1. The van der Waals surface area contributed by atoms with Crippen molar-refractivity contribution in [2.75, 3.05) is 32.9 Å². The predicted octanol–water partition coefficient (Wildman–Crippen LogP) is 0.646. The molecule has 9 heteroatoms. The molecule has 0 radical (unpaired) electrons. The summed E-state index contributed by atoms with van der Waals surface area (Å²) in [5.41, 5.74) is 5.13. The fourth-order valence-corrected chi connectivity index (χ4v) is 3.08. The first-order chi connectivity index (χ1) is 9.61. The molecule has 0 heterocycles. The fourth-order valence-electron chi connectivity index (χ4n) is 1.57. The molecule has 1 aromatic rings. The number of benzene rings is 1. The molecule has 0 aliphatic carbocycles. The van der Waals surface area contributed by atoms with Gasteiger partial charge in [-0.15, -0.1) is 0 Å². The van der Waals surface area contributed by atoms with Gasteiger partial charge in [0.1, 0.15) is 4.90 Å². The lowest BCUT2D eigenvalue weighted by Crippen LogP contribution is -2.40. The predicted molar refractivity (Wildman–Crippen MR) is 73.9 cm³/mol. The molecule has 0 atom stereocenters. The minimum absolute atomic E-state index is 0.0717. The second kappa shape index (κ2) is 6.35. The molecule has 0 unspecified atom stereocenters. The van der Waals surface area contributed by atoms with Gasteiger partial charge in [-0.1, -0.05) is 6.92 Å². The summed E-state index contributed by atoms with van der Waals surface area (Å²) in [5, 5.41) is 0. The van der Waals surface area contributed by atoms with Crippen LogP contribution in [0.4, 0.5) is 14.5 Å². The van der Waals surface area contributed by atoms with E-state index in [1.54, 1.807) is 0 Å². The summed E-state index contributed by atoms with van der Waals surface area (Å²) in [7, 11) is -1.44. The van der Waals surface area contributed by atoms with Gasteiger partial charge < -0.3 is 10.6 Å². The smallest absolute Gasteiger partial charge is 0.246 e. The maximum absolute atomic E-state index is 13.7. The molecule has 0 bridgehead atoms. The molecule has 0 spiro atoms. The highest BCUT2D eigenvalue weighted by Gasteiger charge is 2.30. The average Bonchev–Trinajstić information content (AvgIpc) is 2.39. The van der Waals surface area contributed by atoms with Gasteiger partial charge in [-0.25, -0.2) is 17.2 Å². The summed E-state index contributed by atoms with van der Waals surface area (Å²) in [6, 6.07) is 1.52. The van der Waals surface area contributed by atoms with Crippen molar-refractivity contribution in [3.8, 4) is 0 Å². The van der Waals surface area contributed by atoms with Crippen molar-refractivity contribution >= 4 is 21.6 Å². The molecule has 1 amide bonds. The Hall–Kier alpha value is -1.74. The summed E-state index contributed by atoms with van der Waals surface area (Å²) in [5.74, 6) is -3.35. The zero-order chi connectivity index (χ0) is 16.4. The van der Waals surface area contributed by atoms with Crippen LogP contribution in [0.3, 0.4) is 0 Å². The van der Waals surface area contributed by atoms with Crippen LogP contribution in [0, 0.1) is 11.6 Å². The molecule has 0 fully saturated rings. The van der Waals surface area contributed by atoms with Gasteiger partial charge in [-0.05, 0) is 12.1 Å². The standard InChI is InChI=1S/C12H17F2N3O3S/c1-4-17(7-11(18)16(2)3)21(19,20)10-6-8(15)5-9(13)12(10)14/h5-6H,4,7,15H2,1-3H3. The topological polar surface area (TPSA) is 83.7 Å². The van der Waals surface area contributed by atoms with Gasteiger partial charge in [0.15, 0.2) is 11.6 Å². The van der Waals surface area contributed by atoms with Crippen LogP contribution in [0.1, 0.15) is 6.92 Å². The number of hydrogen-bond donors (Lipinski definition) is 1. The number of nitrogens with zero attached hydrogens (tertiary/aromatic N) is 2. The van der Waals surface area contributed by atoms with Crippen LogP contribution in [-0.4, -0.2) is 50.7 Å². The Bertz CT molecular complexity index is 647. The van der Waals surface area contributed by atoms with Crippen molar-refractivity contribution in [2.45, 2.75) is 11.8 Å². The lowest BCUT2D eigenvalue weighted by atomic mass is 10.3. The van der Waals surface area contributed by atoms with Gasteiger partial charge in [0, 0.05) is 26.3 Å². The number of carbonyl (C=O) groups excluding carboxylic acids is 1. The van der Waals surface area contributed by atoms with E-state index in [0.29, 0.717) is 6.07 Å². The number of halogens is 2. The maximum atomic E-state index is 13.7. The molecule has 0 saturated heterocycles. The van der Waals surface area contributed by atoms with E-state index < -0.39 is 39.0 Å². The largest absolute Gasteiger partial charge is 0.399 e. The molecule has 6 nitrogen and oxygen atoms in total. The normalized spacial score (nSPS) is 11.7. The Morgan fingerprint density at radius 1 is 1.29 bits per heavy atom. The quantitative estimate of drug-likeness (QED) is 0.807. The van der Waals surface area contributed by atoms with Crippen molar-refractivity contribution in [2.24, 2.45) is 0 Å². The second-order valence-electron chi connectivity index (χ2n) is 4.53. The van der Waals surface area contributed by atoms with Crippen LogP contribution in [0.15, 0.2) is 17.0 Å². The third kappa shape index (κ3) is 3.67. The molecule has 2 N–H and O–H groups in total. The zero-order valence-electron chi connectivity index (χ0n) is 11.9. The highest BCUT2D eigenvalue weighted by molar-refractivity contribution is 7.89. The van der Waals surface area contributed by atoms with Crippen molar-refractivity contribution in [1.29, 1.82) is 0 Å². The molecule has 1 aromatic carbocycles. The van der Waals surface area contributed by atoms with E-state index in [4.69, 9.17) is 5.73 Å². The first-order valence-corrected chi connectivity index (χ1v) is 7.50. The average molecular weight is 321 g/mol. The molecular weight excluding hydrogens is 304 g/mol. The Morgan fingerprint density at radius 3 is 2.33 bits per heavy atom. The number of likely N-dealkylation sites (N-methyl/N-ethyl adjacent to an activating group) is 2. The van der Waals surface area contributed by atoms with E-state index >= 15 is 0 Å². The minimum Gasteiger partial charge on any atom is -0.399 e. The first-order valence-electron chi connectivity index (χ1n) is 6.06. The summed E-state index contributed by atoms with van der Waals surface area (Å²) in [6.07, 6.45) is 0. The molecular formula is C12H17F2N3O3S. The maximum Gasteiger partial charge on any atom is 0.246 e. The van der Waals surface area contributed by atoms with Gasteiger partial charge in [0.05, 0.1) is 6.54 Å². The number of nitrogens with two attached hydrogens (primary N) is 1. The number of nitrogen functional groups attached to an aromatic ring is 1. The number of rotatable bonds is 5. The number of amides is 1. The van der Waals surface area contributed by atoms with Crippen LogP contribution in [0.5, 0.6) is 0 Å². The highest BCUT2D eigenvalue weighted by atomic mass is 32.2. The SMILES string of the molecule is CCN(CC(=O)N(C)C)S(=O)(=O)c1cc(N)cc(F)c1F. The number of hydrogen-bond acceptors (Lipinski definition) is 4. The third-order valence-electron chi connectivity index (χ3n) is 2.80. The summed E-state index contributed by atoms with van der Waals surface area (Å²) >= 11 is 0. The molecule has 0 aliphatic rings. The monoisotopic (exact) mass is 321 g/mol. The van der Waals surface area contributed by atoms with Gasteiger partial charge in [0.2, 0.25) is 15.9 Å². The van der Waals surface area contributed by atoms with Gasteiger partial charge in [-0.3, -0.25) is 4.79 Å². The van der Waals surface area contributed by atoms with Crippen molar-refractivity contribution in [3.05, 3.63) is 23.8 Å². The molecule has 0 aliphatic heterocycles. The molecule has 1 rings (SSSR count). The number of sulfonamides is 1. The molecule has 0 aromatic heterocycles. The summed E-state index contributed by atoms with van der Waals surface area (Å²) < 4.78 is 52.5. The lowest BCUT2D eigenvalue weighted by Gasteiger charge is -2.22. The minimum atomic E-state index is -4.36. The van der Waals surface area contributed by atoms with Gasteiger partial charge in [-0.2, -0.15) is 4.31 Å². The number of anilines is 1. The molecule has 0 saturated carbocycles. The Morgan fingerprint density at radius 2 is 1.86 bits per heavy atom. The van der Waals surface area contributed by atoms with Crippen LogP contribution < -0.4 is 5.73 Å². The van der Waals surface area contributed by atoms with Crippen molar-refractivity contribution < 1.29 is 22.0 Å². The molecule has 118 valence electrons. The second-order valence-corrected chi connectivity index (χ2v) is 6.44. The van der Waals surface area contributed by atoms with E-state index in [9.17, 15) is 22.0 Å². The van der Waals surface area contributed by atoms with E-state index in [1.165, 1.54) is 25.9 Å². The van der Waals surface area contributed by atoms with E-state index in [0.717, 1.165) is 10.4 Å². The lowest BCUT2D eigenvalue weighted by molar-refractivity contribution is -0.128. The van der Waals surface area contributed by atoms with E-state index in [-0.39, 0.29) is 12.2 Å². The van der Waals surface area contributed by atoms with Gasteiger partial charge in [0.25, 0.3) is 0 Å². The van der Waals surface area contributed by atoms with Gasteiger partial charge >= 0.3 is 0 Å².